The Hall–Kier alpha value is -3.42. The van der Waals surface area contributed by atoms with Gasteiger partial charge in [0.25, 0.3) is 11.1 Å². The highest BCUT2D eigenvalue weighted by Gasteiger charge is 2.27. The van der Waals surface area contributed by atoms with Gasteiger partial charge >= 0.3 is 5.69 Å². The van der Waals surface area contributed by atoms with E-state index in [2.05, 4.69) is 15.3 Å². The SMILES string of the molecule is [2H]c1c(Cl)c(Oc2n[nH]c(=O)c3c2CCC3C)c(Cl)c([2H])c1-n1nc(C#N)c(=O)[nH]c1=O. The fraction of sp³-hybridized carbons (Fsp3) is 0.222. The first-order chi connectivity index (χ1) is 15.1. The second-order valence-corrected chi connectivity index (χ2v) is 7.24. The smallest absolute Gasteiger partial charge is 0.349 e. The molecule has 152 valence electrons. The molecule has 0 bridgehead atoms. The van der Waals surface area contributed by atoms with Crippen molar-refractivity contribution in [1.82, 2.24) is 25.0 Å². The molecule has 2 heterocycles. The van der Waals surface area contributed by atoms with E-state index in [1.165, 1.54) is 6.07 Å². The Labute approximate surface area is 180 Å². The van der Waals surface area contributed by atoms with Crippen molar-refractivity contribution in [3.8, 4) is 23.4 Å². The molecular weight excluding hydrogens is 435 g/mol. The number of fused-ring (bicyclic) bond motifs is 1. The van der Waals surface area contributed by atoms with E-state index < -0.39 is 34.7 Å². The summed E-state index contributed by atoms with van der Waals surface area (Å²) in [5.41, 5.74) is -2.44. The monoisotopic (exact) mass is 448 g/mol. The van der Waals surface area contributed by atoms with Gasteiger partial charge in [0.1, 0.15) is 6.07 Å². The van der Waals surface area contributed by atoms with Crippen molar-refractivity contribution in [3.05, 3.63) is 70.1 Å². The van der Waals surface area contributed by atoms with Gasteiger partial charge in [0.2, 0.25) is 11.6 Å². The van der Waals surface area contributed by atoms with Crippen molar-refractivity contribution in [2.75, 3.05) is 0 Å². The van der Waals surface area contributed by atoms with E-state index in [-0.39, 0.29) is 33.2 Å². The number of aromatic amines is 2. The average molecular weight is 449 g/mol. The molecule has 12 heteroatoms. The first-order valence-corrected chi connectivity index (χ1v) is 9.32. The van der Waals surface area contributed by atoms with Crippen molar-refractivity contribution < 1.29 is 7.48 Å². The number of benzene rings is 1. The van der Waals surface area contributed by atoms with Crippen LogP contribution in [0.4, 0.5) is 0 Å². The lowest BCUT2D eigenvalue weighted by atomic mass is 10.1. The Balaban J connectivity index is 1.90. The standard InChI is InChI=1S/C18H12Cl2N6O4/c1-7-2-3-9-13(7)16(28)23-24-17(9)30-14-10(19)4-8(5-11(14)20)26-18(29)22-15(27)12(6-21)25-26/h4-5,7H,2-3H2,1H3,(H,23,28)(H,22,27,29)/i4D,5D. The third kappa shape index (κ3) is 3.28. The number of halogens is 2. The van der Waals surface area contributed by atoms with Gasteiger partial charge in [0.05, 0.1) is 18.5 Å². The minimum atomic E-state index is -1.09. The predicted octanol–water partition coefficient (Wildman–Crippen LogP) is 2.02. The highest BCUT2D eigenvalue weighted by Crippen LogP contribution is 2.41. The molecule has 1 aliphatic rings. The lowest BCUT2D eigenvalue weighted by molar-refractivity contribution is 0.448. The molecule has 1 unspecified atom stereocenters. The molecule has 0 radical (unpaired) electrons. The number of nitrogens with one attached hydrogen (secondary N) is 2. The fourth-order valence-electron chi connectivity index (χ4n) is 3.20. The van der Waals surface area contributed by atoms with Gasteiger partial charge in [-0.25, -0.2) is 9.89 Å². The number of nitrogens with zero attached hydrogens (tertiary/aromatic N) is 4. The summed E-state index contributed by atoms with van der Waals surface area (Å²) in [4.78, 5) is 37.8. The Morgan fingerprint density at radius 1 is 1.30 bits per heavy atom. The summed E-state index contributed by atoms with van der Waals surface area (Å²) in [7, 11) is 0. The van der Waals surface area contributed by atoms with Crippen LogP contribution in [-0.4, -0.2) is 25.0 Å². The van der Waals surface area contributed by atoms with Crippen LogP contribution in [0.2, 0.25) is 10.0 Å². The van der Waals surface area contributed by atoms with Gasteiger partial charge in [-0.05, 0) is 30.8 Å². The maximum Gasteiger partial charge on any atom is 0.349 e. The highest BCUT2D eigenvalue weighted by molar-refractivity contribution is 6.37. The van der Waals surface area contributed by atoms with Crippen molar-refractivity contribution >= 4 is 23.2 Å². The van der Waals surface area contributed by atoms with E-state index in [9.17, 15) is 14.4 Å². The summed E-state index contributed by atoms with van der Waals surface area (Å²) in [6.07, 6.45) is 1.25. The Morgan fingerprint density at radius 3 is 2.67 bits per heavy atom. The summed E-state index contributed by atoms with van der Waals surface area (Å²) in [6, 6.07) is 0.393. The van der Waals surface area contributed by atoms with Crippen LogP contribution >= 0.6 is 23.2 Å². The lowest BCUT2D eigenvalue weighted by Gasteiger charge is -2.13. The van der Waals surface area contributed by atoms with E-state index in [0.29, 0.717) is 22.2 Å². The largest absolute Gasteiger partial charge is 0.434 e. The van der Waals surface area contributed by atoms with Crippen molar-refractivity contribution in [1.29, 1.82) is 5.26 Å². The number of hydrogen-bond donors (Lipinski definition) is 2. The summed E-state index contributed by atoms with van der Waals surface area (Å²) in [5, 5.41) is 18.1. The molecule has 2 aromatic heterocycles. The van der Waals surface area contributed by atoms with E-state index in [4.69, 9.17) is 35.9 Å². The molecule has 0 saturated heterocycles. The molecule has 1 atom stereocenters. The number of aromatic nitrogens is 5. The zero-order valence-corrected chi connectivity index (χ0v) is 16.7. The van der Waals surface area contributed by atoms with Crippen LogP contribution in [-0.2, 0) is 6.42 Å². The molecule has 10 nitrogen and oxygen atoms in total. The van der Waals surface area contributed by atoms with Gasteiger partial charge in [-0.1, -0.05) is 30.1 Å². The molecule has 0 amide bonds. The number of H-pyrrole nitrogens is 2. The van der Waals surface area contributed by atoms with Crippen LogP contribution in [0.5, 0.6) is 11.6 Å². The van der Waals surface area contributed by atoms with E-state index in [0.717, 1.165) is 6.42 Å². The van der Waals surface area contributed by atoms with Crippen LogP contribution in [0.1, 0.15) is 38.8 Å². The first-order valence-electron chi connectivity index (χ1n) is 9.57. The van der Waals surface area contributed by atoms with Crippen LogP contribution in [0.25, 0.3) is 5.69 Å². The third-order valence-corrected chi connectivity index (χ3v) is 5.14. The number of ether oxygens (including phenoxy) is 1. The highest BCUT2D eigenvalue weighted by atomic mass is 35.5. The summed E-state index contributed by atoms with van der Waals surface area (Å²) < 4.78 is 22.9. The maximum absolute atomic E-state index is 12.2. The Bertz CT molecular complexity index is 1480. The molecule has 1 aromatic carbocycles. The molecule has 0 spiro atoms. The van der Waals surface area contributed by atoms with E-state index in [1.807, 2.05) is 11.9 Å². The average Bonchev–Trinajstić information content (AvgIpc) is 3.15. The minimum Gasteiger partial charge on any atom is -0.434 e. The molecule has 1 aliphatic carbocycles. The number of nitriles is 1. The topological polar surface area (TPSA) is 147 Å². The Kier molecular flexibility index (Phi) is 4.32. The van der Waals surface area contributed by atoms with Gasteiger partial charge < -0.3 is 4.74 Å². The fourth-order valence-corrected chi connectivity index (χ4v) is 3.69. The van der Waals surface area contributed by atoms with E-state index >= 15 is 0 Å². The quantitative estimate of drug-likeness (QED) is 0.622. The van der Waals surface area contributed by atoms with Crippen LogP contribution < -0.4 is 21.5 Å². The van der Waals surface area contributed by atoms with Crippen LogP contribution in [0.3, 0.4) is 0 Å². The van der Waals surface area contributed by atoms with Gasteiger partial charge in [-0.2, -0.15) is 9.94 Å². The molecule has 4 rings (SSSR count). The van der Waals surface area contributed by atoms with Gasteiger partial charge in [-0.3, -0.25) is 14.6 Å². The van der Waals surface area contributed by atoms with Crippen molar-refractivity contribution in [3.63, 3.8) is 0 Å². The molecule has 0 saturated carbocycles. The van der Waals surface area contributed by atoms with Gasteiger partial charge in [-0.15, -0.1) is 10.2 Å². The van der Waals surface area contributed by atoms with Gasteiger partial charge in [0.15, 0.2) is 5.75 Å². The zero-order chi connectivity index (χ0) is 23.3. The molecule has 2 N–H and O–H groups in total. The van der Waals surface area contributed by atoms with Crippen LogP contribution in [0.15, 0.2) is 26.5 Å². The van der Waals surface area contributed by atoms with E-state index in [1.54, 1.807) is 0 Å². The Morgan fingerprint density at radius 2 is 2.00 bits per heavy atom. The van der Waals surface area contributed by atoms with Gasteiger partial charge in [0, 0.05) is 11.1 Å². The normalized spacial score (nSPS) is 15.9. The third-order valence-electron chi connectivity index (χ3n) is 4.61. The van der Waals surface area contributed by atoms with Crippen LogP contribution in [0, 0.1) is 11.3 Å². The van der Waals surface area contributed by atoms with Crippen molar-refractivity contribution in [2.24, 2.45) is 0 Å². The molecular formula is C18H12Cl2N6O4. The molecule has 0 fully saturated rings. The molecule has 30 heavy (non-hydrogen) atoms. The molecule has 0 aliphatic heterocycles. The lowest BCUT2D eigenvalue weighted by Crippen LogP contribution is -2.33. The minimum absolute atomic E-state index is 0.00147. The zero-order valence-electron chi connectivity index (χ0n) is 17.2. The summed E-state index contributed by atoms with van der Waals surface area (Å²) in [5.74, 6) is -0.241. The van der Waals surface area contributed by atoms with Crippen molar-refractivity contribution in [2.45, 2.75) is 25.7 Å². The number of hydrogen-bond acceptors (Lipinski definition) is 7. The predicted molar refractivity (Wildman–Crippen MR) is 107 cm³/mol. The summed E-state index contributed by atoms with van der Waals surface area (Å²) in [6.45, 7) is 1.90. The molecule has 3 aromatic rings. The second-order valence-electron chi connectivity index (χ2n) is 6.48. The summed E-state index contributed by atoms with van der Waals surface area (Å²) >= 11 is 12.6. The number of rotatable bonds is 3. The maximum atomic E-state index is 12.2. The second kappa shape index (κ2) is 7.44. The first kappa shape index (κ1) is 17.4.